The van der Waals surface area contributed by atoms with Crippen LogP contribution in [0.4, 0.5) is 0 Å². The summed E-state index contributed by atoms with van der Waals surface area (Å²) in [4.78, 5) is 35.0. The summed E-state index contributed by atoms with van der Waals surface area (Å²) in [6, 6.07) is 10.1. The lowest BCUT2D eigenvalue weighted by Gasteiger charge is -2.37. The summed E-state index contributed by atoms with van der Waals surface area (Å²) in [6.45, 7) is 7.76. The molecule has 6 heteroatoms. The average molecular weight is 435 g/mol. The quantitative estimate of drug-likeness (QED) is 0.635. The summed E-state index contributed by atoms with van der Waals surface area (Å²) >= 11 is 0. The van der Waals surface area contributed by atoms with E-state index in [-0.39, 0.29) is 23.7 Å². The maximum absolute atomic E-state index is 12.9. The Bertz CT molecular complexity index is 927. The molecule has 3 rings (SSSR count). The number of carbonyl (C=O) groups excluding carboxylic acids is 2. The number of nitrogens with zero attached hydrogens (tertiary/aromatic N) is 3. The molecule has 0 saturated carbocycles. The van der Waals surface area contributed by atoms with Gasteiger partial charge in [-0.1, -0.05) is 55.8 Å². The second-order valence-electron chi connectivity index (χ2n) is 9.19. The van der Waals surface area contributed by atoms with Crippen molar-refractivity contribution in [2.45, 2.75) is 40.2 Å². The van der Waals surface area contributed by atoms with Gasteiger partial charge in [-0.15, -0.1) is 0 Å². The Kier molecular flexibility index (Phi) is 8.14. The van der Waals surface area contributed by atoms with Crippen molar-refractivity contribution in [2.75, 3.05) is 13.6 Å². The number of aromatic nitrogens is 2. The van der Waals surface area contributed by atoms with Crippen LogP contribution in [0, 0.1) is 23.7 Å². The highest BCUT2D eigenvalue weighted by Crippen LogP contribution is 2.39. The third-order valence-electron chi connectivity index (χ3n) is 6.51. The van der Waals surface area contributed by atoms with Crippen LogP contribution in [0.15, 0.2) is 60.7 Å². The molecule has 0 spiro atoms. The Labute approximate surface area is 191 Å². The van der Waals surface area contributed by atoms with E-state index < -0.39 is 0 Å². The van der Waals surface area contributed by atoms with Crippen molar-refractivity contribution in [1.29, 1.82) is 0 Å². The lowest BCUT2D eigenvalue weighted by atomic mass is 9.69. The second kappa shape index (κ2) is 11.0. The van der Waals surface area contributed by atoms with Gasteiger partial charge in [-0.3, -0.25) is 9.59 Å². The van der Waals surface area contributed by atoms with Crippen molar-refractivity contribution < 1.29 is 9.59 Å². The number of benzene rings is 1. The smallest absolute Gasteiger partial charge is 0.254 e. The largest absolute Gasteiger partial charge is 0.351 e. The van der Waals surface area contributed by atoms with E-state index in [0.29, 0.717) is 36.9 Å². The molecule has 1 aromatic carbocycles. The molecule has 170 valence electrons. The highest BCUT2D eigenvalue weighted by atomic mass is 16.2. The maximum Gasteiger partial charge on any atom is 0.254 e. The molecule has 1 N–H and O–H groups in total. The third kappa shape index (κ3) is 6.25. The van der Waals surface area contributed by atoms with Gasteiger partial charge in [0.15, 0.2) is 0 Å². The fraction of sp³-hybridized carbons (Fsp3) is 0.462. The predicted molar refractivity (Wildman–Crippen MR) is 126 cm³/mol. The van der Waals surface area contributed by atoms with Gasteiger partial charge in [0.25, 0.3) is 5.91 Å². The molecule has 0 saturated heterocycles. The van der Waals surface area contributed by atoms with Crippen LogP contribution in [-0.2, 0) is 11.3 Å². The zero-order valence-corrected chi connectivity index (χ0v) is 19.5. The minimum Gasteiger partial charge on any atom is -0.351 e. The number of hydrogen-bond acceptors (Lipinski definition) is 4. The van der Waals surface area contributed by atoms with E-state index in [0.717, 1.165) is 12.0 Å². The van der Waals surface area contributed by atoms with Gasteiger partial charge in [0.2, 0.25) is 5.91 Å². The van der Waals surface area contributed by atoms with Gasteiger partial charge in [-0.25, -0.2) is 9.97 Å². The van der Waals surface area contributed by atoms with Crippen LogP contribution in [0.1, 0.15) is 49.5 Å². The first-order valence-electron chi connectivity index (χ1n) is 11.3. The number of allylic oxidation sites excluding steroid dienone is 1. The lowest BCUT2D eigenvalue weighted by Crippen LogP contribution is -2.38. The van der Waals surface area contributed by atoms with Crippen molar-refractivity contribution in [2.24, 2.45) is 23.7 Å². The molecule has 0 aliphatic heterocycles. The first-order chi connectivity index (χ1) is 15.3. The fourth-order valence-electron chi connectivity index (χ4n) is 4.55. The van der Waals surface area contributed by atoms with Crippen LogP contribution in [0.25, 0.3) is 0 Å². The minimum atomic E-state index is -0.154. The molecule has 1 aromatic heterocycles. The predicted octanol–water partition coefficient (Wildman–Crippen LogP) is 4.11. The van der Waals surface area contributed by atoms with Crippen LogP contribution in [0.3, 0.4) is 0 Å². The third-order valence-corrected chi connectivity index (χ3v) is 6.51. The summed E-state index contributed by atoms with van der Waals surface area (Å²) in [5.41, 5.74) is 2.85. The highest BCUT2D eigenvalue weighted by Gasteiger charge is 2.33. The summed E-state index contributed by atoms with van der Waals surface area (Å²) in [7, 11) is 1.88. The molecule has 3 atom stereocenters. The van der Waals surface area contributed by atoms with Gasteiger partial charge in [0.05, 0.1) is 5.56 Å². The van der Waals surface area contributed by atoms with E-state index in [9.17, 15) is 9.59 Å². The zero-order valence-electron chi connectivity index (χ0n) is 19.5. The van der Waals surface area contributed by atoms with E-state index in [1.54, 1.807) is 0 Å². The van der Waals surface area contributed by atoms with E-state index in [1.165, 1.54) is 24.3 Å². The van der Waals surface area contributed by atoms with Crippen LogP contribution in [-0.4, -0.2) is 40.3 Å². The van der Waals surface area contributed by atoms with Gasteiger partial charge >= 0.3 is 0 Å². The molecule has 32 heavy (non-hydrogen) atoms. The summed E-state index contributed by atoms with van der Waals surface area (Å²) < 4.78 is 0. The topological polar surface area (TPSA) is 75.2 Å². The molecule has 2 aromatic rings. The van der Waals surface area contributed by atoms with Crippen LogP contribution in [0.5, 0.6) is 0 Å². The molecule has 0 radical (unpaired) electrons. The second-order valence-corrected chi connectivity index (χ2v) is 9.19. The molecule has 3 unspecified atom stereocenters. The number of carbonyl (C=O) groups is 2. The molecule has 1 heterocycles. The van der Waals surface area contributed by atoms with Crippen molar-refractivity contribution in [3.8, 4) is 0 Å². The Morgan fingerprint density at radius 2 is 1.84 bits per heavy atom. The molecule has 0 fully saturated rings. The minimum absolute atomic E-state index is 0.154. The van der Waals surface area contributed by atoms with Crippen molar-refractivity contribution in [3.63, 3.8) is 0 Å². The van der Waals surface area contributed by atoms with Crippen molar-refractivity contribution in [1.82, 2.24) is 20.2 Å². The SMILES string of the molecule is CC1=CC(CNC(=O)c2cncnc2)C(C(C)C)CC1CC(=O)N(C)Cc1ccccc1. The van der Waals surface area contributed by atoms with Crippen molar-refractivity contribution in [3.05, 3.63) is 71.8 Å². The number of amides is 2. The normalized spacial score (nSPS) is 20.5. The van der Waals surface area contributed by atoms with E-state index >= 15 is 0 Å². The molecular weight excluding hydrogens is 400 g/mol. The number of nitrogens with one attached hydrogen (secondary N) is 1. The summed E-state index contributed by atoms with van der Waals surface area (Å²) in [5, 5.41) is 3.04. The van der Waals surface area contributed by atoms with Gasteiger partial charge in [0, 0.05) is 39.0 Å². The van der Waals surface area contributed by atoms with Gasteiger partial charge in [-0.2, -0.15) is 0 Å². The Morgan fingerprint density at radius 3 is 2.50 bits per heavy atom. The maximum atomic E-state index is 12.9. The first kappa shape index (κ1) is 23.6. The van der Waals surface area contributed by atoms with Crippen LogP contribution in [0.2, 0.25) is 0 Å². The molecular formula is C26H34N4O2. The fourth-order valence-corrected chi connectivity index (χ4v) is 4.55. The van der Waals surface area contributed by atoms with Crippen LogP contribution >= 0.6 is 0 Å². The molecule has 0 bridgehead atoms. The molecule has 6 nitrogen and oxygen atoms in total. The summed E-state index contributed by atoms with van der Waals surface area (Å²) in [5.74, 6) is 1.37. The van der Waals surface area contributed by atoms with Gasteiger partial charge in [-0.05, 0) is 42.6 Å². The number of hydrogen-bond donors (Lipinski definition) is 1. The highest BCUT2D eigenvalue weighted by molar-refractivity contribution is 5.93. The zero-order chi connectivity index (χ0) is 23.1. The number of rotatable bonds is 8. The first-order valence-corrected chi connectivity index (χ1v) is 11.3. The Hall–Kier alpha value is -3.02. The van der Waals surface area contributed by atoms with Crippen LogP contribution < -0.4 is 5.32 Å². The lowest BCUT2D eigenvalue weighted by molar-refractivity contribution is -0.131. The van der Waals surface area contributed by atoms with Gasteiger partial charge in [0.1, 0.15) is 6.33 Å². The monoisotopic (exact) mass is 434 g/mol. The standard InChI is InChI=1S/C26H34N4O2/c1-18(2)24-11-21(12-25(31)30(4)16-20-8-6-5-7-9-20)19(3)10-22(24)15-29-26(32)23-13-27-17-28-14-23/h5-10,13-14,17-18,21-22,24H,11-12,15-16H2,1-4H3,(H,29,32). The van der Waals surface area contributed by atoms with E-state index in [1.807, 2.05) is 42.3 Å². The average Bonchev–Trinajstić information content (AvgIpc) is 2.79. The van der Waals surface area contributed by atoms with E-state index in [4.69, 9.17) is 0 Å². The van der Waals surface area contributed by atoms with E-state index in [2.05, 4.69) is 42.1 Å². The van der Waals surface area contributed by atoms with Crippen molar-refractivity contribution >= 4 is 11.8 Å². The van der Waals surface area contributed by atoms with Gasteiger partial charge < -0.3 is 10.2 Å². The molecule has 2 amide bonds. The molecule has 1 aliphatic rings. The Balaban J connectivity index is 1.61. The Morgan fingerprint density at radius 1 is 1.16 bits per heavy atom. The summed E-state index contributed by atoms with van der Waals surface area (Å²) in [6.07, 6.45) is 8.22. The molecule has 1 aliphatic carbocycles.